The van der Waals surface area contributed by atoms with Gasteiger partial charge in [-0.05, 0) is 28.7 Å². The predicted molar refractivity (Wildman–Crippen MR) is 110 cm³/mol. The molecule has 27 heavy (non-hydrogen) atoms. The second-order valence-corrected chi connectivity index (χ2v) is 7.01. The lowest BCUT2D eigenvalue weighted by Gasteiger charge is -2.47. The smallest absolute Gasteiger partial charge is 0.172 e. The number of hydrogen-bond donors (Lipinski definition) is 0. The van der Waals surface area contributed by atoms with E-state index in [9.17, 15) is 4.79 Å². The van der Waals surface area contributed by atoms with Crippen molar-refractivity contribution in [2.45, 2.75) is 12.0 Å². The molecule has 1 saturated heterocycles. The minimum atomic E-state index is -0.514. The summed E-state index contributed by atoms with van der Waals surface area (Å²) >= 11 is 0. The van der Waals surface area contributed by atoms with Crippen LogP contribution in [-0.4, -0.2) is 23.8 Å². The summed E-state index contributed by atoms with van der Waals surface area (Å²) in [5.74, 6) is 0.133. The molecule has 4 rings (SSSR count). The summed E-state index contributed by atoms with van der Waals surface area (Å²) in [7, 11) is 0. The molecule has 0 N–H and O–H groups in total. The average Bonchev–Trinajstić information content (AvgIpc) is 2.74. The Hall–Kier alpha value is -2.97. The Morgan fingerprint density at radius 1 is 0.704 bits per heavy atom. The summed E-state index contributed by atoms with van der Waals surface area (Å²) in [5.41, 5.74) is 3.72. The standard InChI is InChI=1S/C25H23NO/c1-20-17-18-26(19-24(20)27)25(21-11-5-2-6-12-21,22-13-7-3-8-14-22)23-15-9-4-10-16-23/h2-16H,1,17-19H2. The molecule has 0 spiro atoms. The fourth-order valence-corrected chi connectivity index (χ4v) is 4.15. The molecule has 2 nitrogen and oxygen atoms in total. The quantitative estimate of drug-likeness (QED) is 0.495. The van der Waals surface area contributed by atoms with Gasteiger partial charge in [-0.15, -0.1) is 0 Å². The number of nitrogens with zero attached hydrogens (tertiary/aromatic N) is 1. The SMILES string of the molecule is C=C1CCN(C(c2ccccc2)(c2ccccc2)c2ccccc2)CC1=O. The maximum absolute atomic E-state index is 12.6. The van der Waals surface area contributed by atoms with Gasteiger partial charge in [0.1, 0.15) is 0 Å². The Bertz CT molecular complexity index is 835. The normalized spacial score (nSPS) is 15.7. The molecule has 0 atom stereocenters. The van der Waals surface area contributed by atoms with Crippen LogP contribution >= 0.6 is 0 Å². The van der Waals surface area contributed by atoms with E-state index in [2.05, 4.69) is 84.3 Å². The van der Waals surface area contributed by atoms with E-state index in [0.29, 0.717) is 13.0 Å². The van der Waals surface area contributed by atoms with E-state index < -0.39 is 5.54 Å². The average molecular weight is 353 g/mol. The van der Waals surface area contributed by atoms with Gasteiger partial charge in [-0.1, -0.05) is 97.6 Å². The number of Topliss-reactive ketones (excluding diaryl/α,β-unsaturated/α-hetero) is 1. The van der Waals surface area contributed by atoms with E-state index in [0.717, 1.165) is 12.1 Å². The minimum Gasteiger partial charge on any atom is -0.293 e. The van der Waals surface area contributed by atoms with E-state index in [4.69, 9.17) is 0 Å². The first kappa shape index (κ1) is 17.4. The molecule has 1 fully saturated rings. The van der Waals surface area contributed by atoms with Crippen molar-refractivity contribution in [3.05, 3.63) is 120 Å². The van der Waals surface area contributed by atoms with Crippen molar-refractivity contribution in [3.63, 3.8) is 0 Å². The molecule has 0 amide bonds. The van der Waals surface area contributed by atoms with Crippen molar-refractivity contribution in [1.82, 2.24) is 4.90 Å². The van der Waals surface area contributed by atoms with Crippen LogP contribution in [0.3, 0.4) is 0 Å². The molecular weight excluding hydrogens is 330 g/mol. The monoisotopic (exact) mass is 353 g/mol. The van der Waals surface area contributed by atoms with Crippen molar-refractivity contribution < 1.29 is 4.79 Å². The van der Waals surface area contributed by atoms with Crippen molar-refractivity contribution in [3.8, 4) is 0 Å². The molecule has 1 heterocycles. The third-order valence-electron chi connectivity index (χ3n) is 5.46. The molecule has 0 unspecified atom stereocenters. The van der Waals surface area contributed by atoms with Crippen LogP contribution in [-0.2, 0) is 10.3 Å². The number of carbonyl (C=O) groups is 1. The number of likely N-dealkylation sites (tertiary alicyclic amines) is 1. The van der Waals surface area contributed by atoms with Gasteiger partial charge in [0, 0.05) is 6.54 Å². The first-order chi connectivity index (χ1) is 13.2. The van der Waals surface area contributed by atoms with E-state index >= 15 is 0 Å². The van der Waals surface area contributed by atoms with Crippen molar-refractivity contribution in [2.24, 2.45) is 0 Å². The van der Waals surface area contributed by atoms with Crippen LogP contribution in [0.1, 0.15) is 23.1 Å². The van der Waals surface area contributed by atoms with Crippen molar-refractivity contribution in [1.29, 1.82) is 0 Å². The number of ketones is 1. The van der Waals surface area contributed by atoms with Crippen LogP contribution in [0.2, 0.25) is 0 Å². The number of piperidine rings is 1. The Morgan fingerprint density at radius 2 is 1.11 bits per heavy atom. The van der Waals surface area contributed by atoms with Crippen molar-refractivity contribution >= 4 is 5.78 Å². The molecule has 2 heteroatoms. The highest BCUT2D eigenvalue weighted by Crippen LogP contribution is 2.43. The zero-order chi connectivity index (χ0) is 18.7. The van der Waals surface area contributed by atoms with Gasteiger partial charge in [-0.3, -0.25) is 9.69 Å². The molecule has 3 aromatic carbocycles. The Balaban J connectivity index is 2.01. The zero-order valence-electron chi connectivity index (χ0n) is 15.3. The summed E-state index contributed by atoms with van der Waals surface area (Å²) in [5, 5.41) is 0. The zero-order valence-corrected chi connectivity index (χ0v) is 15.3. The second kappa shape index (κ2) is 7.34. The molecule has 0 bridgehead atoms. The Morgan fingerprint density at radius 3 is 1.48 bits per heavy atom. The van der Waals surface area contributed by atoms with Gasteiger partial charge in [0.25, 0.3) is 0 Å². The maximum Gasteiger partial charge on any atom is 0.172 e. The highest BCUT2D eigenvalue weighted by atomic mass is 16.1. The number of carbonyl (C=O) groups excluding carboxylic acids is 1. The van der Waals surface area contributed by atoms with E-state index in [1.54, 1.807) is 0 Å². The number of benzene rings is 3. The van der Waals surface area contributed by atoms with Crippen molar-refractivity contribution in [2.75, 3.05) is 13.1 Å². The second-order valence-electron chi connectivity index (χ2n) is 7.01. The van der Waals surface area contributed by atoms with Gasteiger partial charge < -0.3 is 0 Å². The van der Waals surface area contributed by atoms with Crippen LogP contribution < -0.4 is 0 Å². The molecule has 3 aromatic rings. The molecule has 1 aliphatic heterocycles. The highest BCUT2D eigenvalue weighted by molar-refractivity contribution is 5.97. The molecule has 0 radical (unpaired) electrons. The largest absolute Gasteiger partial charge is 0.293 e. The van der Waals surface area contributed by atoms with E-state index in [-0.39, 0.29) is 5.78 Å². The van der Waals surface area contributed by atoms with E-state index in [1.165, 1.54) is 16.7 Å². The molecular formula is C25H23NO. The molecule has 0 saturated carbocycles. The summed E-state index contributed by atoms with van der Waals surface area (Å²) in [6.45, 7) is 5.12. The maximum atomic E-state index is 12.6. The van der Waals surface area contributed by atoms with Crippen LogP contribution in [0.25, 0.3) is 0 Å². The van der Waals surface area contributed by atoms with Gasteiger partial charge in [-0.2, -0.15) is 0 Å². The predicted octanol–water partition coefficient (Wildman–Crippen LogP) is 4.81. The summed E-state index contributed by atoms with van der Waals surface area (Å²) in [4.78, 5) is 14.9. The minimum absolute atomic E-state index is 0.133. The van der Waals surface area contributed by atoms with E-state index in [1.807, 2.05) is 18.2 Å². The topological polar surface area (TPSA) is 20.3 Å². The Kier molecular flexibility index (Phi) is 4.74. The fourth-order valence-electron chi connectivity index (χ4n) is 4.15. The number of rotatable bonds is 4. The Labute approximate surface area is 160 Å². The summed E-state index contributed by atoms with van der Waals surface area (Å²) in [6, 6.07) is 31.5. The highest BCUT2D eigenvalue weighted by Gasteiger charge is 2.44. The van der Waals surface area contributed by atoms with Gasteiger partial charge in [-0.25, -0.2) is 0 Å². The summed E-state index contributed by atoms with van der Waals surface area (Å²) < 4.78 is 0. The van der Waals surface area contributed by atoms with Gasteiger partial charge >= 0.3 is 0 Å². The molecule has 0 aliphatic carbocycles. The lowest BCUT2D eigenvalue weighted by Crippen LogP contribution is -2.52. The van der Waals surface area contributed by atoms with Gasteiger partial charge in [0.15, 0.2) is 5.78 Å². The van der Waals surface area contributed by atoms with Gasteiger partial charge in [0.05, 0.1) is 12.1 Å². The lowest BCUT2D eigenvalue weighted by molar-refractivity contribution is -0.119. The third kappa shape index (κ3) is 3.02. The number of hydrogen-bond acceptors (Lipinski definition) is 2. The summed E-state index contributed by atoms with van der Waals surface area (Å²) in [6.07, 6.45) is 0.701. The molecule has 1 aliphatic rings. The molecule has 134 valence electrons. The first-order valence-electron chi connectivity index (χ1n) is 9.35. The van der Waals surface area contributed by atoms with Crippen LogP contribution in [0.4, 0.5) is 0 Å². The third-order valence-corrected chi connectivity index (χ3v) is 5.46. The van der Waals surface area contributed by atoms with Crippen LogP contribution in [0, 0.1) is 0 Å². The van der Waals surface area contributed by atoms with Crippen LogP contribution in [0.15, 0.2) is 103 Å². The molecule has 0 aromatic heterocycles. The fraction of sp³-hybridized carbons (Fsp3) is 0.160. The first-order valence-corrected chi connectivity index (χ1v) is 9.35. The van der Waals surface area contributed by atoms with Gasteiger partial charge in [0.2, 0.25) is 0 Å². The lowest BCUT2D eigenvalue weighted by atomic mass is 9.74. The van der Waals surface area contributed by atoms with Crippen LogP contribution in [0.5, 0.6) is 0 Å².